The van der Waals surface area contributed by atoms with Crippen molar-refractivity contribution < 1.29 is 0 Å². The fourth-order valence-corrected chi connectivity index (χ4v) is 2.23. The quantitative estimate of drug-likeness (QED) is 0.766. The highest BCUT2D eigenvalue weighted by Crippen LogP contribution is 2.10. The third-order valence-electron chi connectivity index (χ3n) is 3.41. The van der Waals surface area contributed by atoms with Gasteiger partial charge in [0.15, 0.2) is 0 Å². The Morgan fingerprint density at radius 2 is 1.75 bits per heavy atom. The monoisotopic (exact) mass is 218 g/mol. The first kappa shape index (κ1) is 11.6. The third kappa shape index (κ3) is 3.06. The molecule has 0 aromatic heterocycles. The van der Waals surface area contributed by atoms with Crippen molar-refractivity contribution in [3.8, 4) is 0 Å². The molecule has 1 aliphatic rings. The summed E-state index contributed by atoms with van der Waals surface area (Å²) in [7, 11) is 2.21. The smallest absolute Gasteiger partial charge is 0.0170 e. The Hall–Kier alpha value is -0.860. The summed E-state index contributed by atoms with van der Waals surface area (Å²) in [5.41, 5.74) is 2.79. The lowest BCUT2D eigenvalue weighted by atomic mass is 10.1. The van der Waals surface area contributed by atoms with E-state index in [-0.39, 0.29) is 0 Å². The van der Waals surface area contributed by atoms with Crippen molar-refractivity contribution >= 4 is 0 Å². The van der Waals surface area contributed by atoms with Gasteiger partial charge in [0, 0.05) is 26.7 Å². The van der Waals surface area contributed by atoms with Crippen LogP contribution >= 0.6 is 0 Å². The number of likely N-dealkylation sites (N-methyl/N-ethyl adjacent to an activating group) is 1. The lowest BCUT2D eigenvalue weighted by Crippen LogP contribution is -2.38. The van der Waals surface area contributed by atoms with Crippen molar-refractivity contribution in [2.45, 2.75) is 26.2 Å². The van der Waals surface area contributed by atoms with Gasteiger partial charge in [-0.25, -0.2) is 10.0 Å². The maximum Gasteiger partial charge on any atom is 0.0170 e. The Morgan fingerprint density at radius 1 is 1.12 bits per heavy atom. The molecule has 2 nitrogen and oxygen atoms in total. The van der Waals surface area contributed by atoms with E-state index in [9.17, 15) is 0 Å². The molecular weight excluding hydrogens is 196 g/mol. The Bertz CT molecular complexity index is 312. The topological polar surface area (TPSA) is 6.48 Å². The molecule has 16 heavy (non-hydrogen) atoms. The molecule has 0 radical (unpaired) electrons. The minimum absolute atomic E-state index is 1.13. The SMILES string of the molecule is Cc1ccc(CCN(C)N2CCCC2)cc1. The second-order valence-electron chi connectivity index (χ2n) is 4.78. The van der Waals surface area contributed by atoms with Crippen molar-refractivity contribution in [2.24, 2.45) is 0 Å². The van der Waals surface area contributed by atoms with E-state index in [0.717, 1.165) is 13.0 Å². The van der Waals surface area contributed by atoms with Crippen LogP contribution in [-0.2, 0) is 6.42 Å². The van der Waals surface area contributed by atoms with E-state index in [0.29, 0.717) is 0 Å². The van der Waals surface area contributed by atoms with Gasteiger partial charge in [-0.2, -0.15) is 0 Å². The molecule has 0 atom stereocenters. The number of hydrogen-bond donors (Lipinski definition) is 0. The molecule has 2 heteroatoms. The van der Waals surface area contributed by atoms with E-state index in [1.54, 1.807) is 0 Å². The summed E-state index contributed by atoms with van der Waals surface area (Å²) >= 11 is 0. The van der Waals surface area contributed by atoms with Crippen LogP contribution in [0.5, 0.6) is 0 Å². The van der Waals surface area contributed by atoms with Crippen LogP contribution in [0.25, 0.3) is 0 Å². The average Bonchev–Trinajstić information content (AvgIpc) is 2.81. The zero-order valence-corrected chi connectivity index (χ0v) is 10.4. The molecule has 0 N–H and O–H groups in total. The minimum atomic E-state index is 1.13. The van der Waals surface area contributed by atoms with Gasteiger partial charge in [0.1, 0.15) is 0 Å². The van der Waals surface area contributed by atoms with E-state index in [2.05, 4.69) is 48.3 Å². The summed E-state index contributed by atoms with van der Waals surface area (Å²) in [6.07, 6.45) is 3.86. The van der Waals surface area contributed by atoms with Gasteiger partial charge < -0.3 is 0 Å². The van der Waals surface area contributed by atoms with Gasteiger partial charge in [-0.05, 0) is 31.7 Å². The fraction of sp³-hybridized carbons (Fsp3) is 0.571. The van der Waals surface area contributed by atoms with Crippen LogP contribution in [0.3, 0.4) is 0 Å². The maximum atomic E-state index is 2.47. The van der Waals surface area contributed by atoms with E-state index in [1.807, 2.05) is 0 Å². The predicted molar refractivity (Wildman–Crippen MR) is 68.3 cm³/mol. The number of aryl methyl sites for hydroxylation is 1. The lowest BCUT2D eigenvalue weighted by Gasteiger charge is -2.27. The number of benzene rings is 1. The highest BCUT2D eigenvalue weighted by atomic mass is 15.6. The summed E-state index contributed by atoms with van der Waals surface area (Å²) in [5, 5.41) is 4.85. The molecule has 0 amide bonds. The molecule has 1 fully saturated rings. The van der Waals surface area contributed by atoms with E-state index >= 15 is 0 Å². The zero-order chi connectivity index (χ0) is 11.4. The van der Waals surface area contributed by atoms with Crippen LogP contribution in [0.1, 0.15) is 24.0 Å². The van der Waals surface area contributed by atoms with Crippen molar-refractivity contribution in [1.29, 1.82) is 0 Å². The van der Waals surface area contributed by atoms with Gasteiger partial charge in [-0.15, -0.1) is 0 Å². The zero-order valence-electron chi connectivity index (χ0n) is 10.4. The molecule has 1 heterocycles. The standard InChI is InChI=1S/C14H22N2/c1-13-5-7-14(8-6-13)9-12-15(2)16-10-3-4-11-16/h5-8H,3-4,9-12H2,1-2H3. The van der Waals surface area contributed by atoms with Crippen molar-refractivity contribution in [3.63, 3.8) is 0 Å². The Kier molecular flexibility index (Phi) is 3.97. The summed E-state index contributed by atoms with van der Waals surface area (Å²) in [5.74, 6) is 0. The molecule has 0 spiro atoms. The largest absolute Gasteiger partial charge is 0.245 e. The third-order valence-corrected chi connectivity index (χ3v) is 3.41. The highest BCUT2D eigenvalue weighted by molar-refractivity contribution is 5.21. The van der Waals surface area contributed by atoms with E-state index in [4.69, 9.17) is 0 Å². The molecular formula is C14H22N2. The van der Waals surface area contributed by atoms with Crippen molar-refractivity contribution in [3.05, 3.63) is 35.4 Å². The maximum absolute atomic E-state index is 2.47. The van der Waals surface area contributed by atoms with Crippen LogP contribution < -0.4 is 0 Å². The minimum Gasteiger partial charge on any atom is -0.245 e. The van der Waals surface area contributed by atoms with E-state index < -0.39 is 0 Å². The predicted octanol–water partition coefficient (Wildman–Crippen LogP) is 2.48. The lowest BCUT2D eigenvalue weighted by molar-refractivity contribution is 0.0258. The summed E-state index contributed by atoms with van der Waals surface area (Å²) in [6, 6.07) is 8.89. The first-order chi connectivity index (χ1) is 7.75. The van der Waals surface area contributed by atoms with Crippen molar-refractivity contribution in [2.75, 3.05) is 26.7 Å². The van der Waals surface area contributed by atoms with Gasteiger partial charge in [-0.3, -0.25) is 0 Å². The molecule has 0 unspecified atom stereocenters. The number of nitrogens with zero attached hydrogens (tertiary/aromatic N) is 2. The van der Waals surface area contributed by atoms with Crippen LogP contribution in [0.15, 0.2) is 24.3 Å². The second-order valence-corrected chi connectivity index (χ2v) is 4.78. The highest BCUT2D eigenvalue weighted by Gasteiger charge is 2.15. The molecule has 1 aromatic carbocycles. The summed E-state index contributed by atoms with van der Waals surface area (Å²) < 4.78 is 0. The number of hydrazine groups is 1. The van der Waals surface area contributed by atoms with Crippen LogP contribution in [-0.4, -0.2) is 36.7 Å². The Morgan fingerprint density at radius 3 is 2.38 bits per heavy atom. The Labute approximate surface area is 98.8 Å². The van der Waals surface area contributed by atoms with E-state index in [1.165, 1.54) is 37.1 Å². The molecule has 1 aromatic rings. The molecule has 0 bridgehead atoms. The molecule has 1 saturated heterocycles. The first-order valence-electron chi connectivity index (χ1n) is 6.27. The van der Waals surface area contributed by atoms with Crippen molar-refractivity contribution in [1.82, 2.24) is 10.0 Å². The van der Waals surface area contributed by atoms with Crippen LogP contribution in [0, 0.1) is 6.92 Å². The molecule has 88 valence electrons. The van der Waals surface area contributed by atoms with Crippen LogP contribution in [0.4, 0.5) is 0 Å². The molecule has 1 aliphatic heterocycles. The normalized spacial score (nSPS) is 17.2. The van der Waals surface area contributed by atoms with Crippen LogP contribution in [0.2, 0.25) is 0 Å². The van der Waals surface area contributed by atoms with Gasteiger partial charge in [0.05, 0.1) is 0 Å². The molecule has 0 aliphatic carbocycles. The van der Waals surface area contributed by atoms with Gasteiger partial charge in [-0.1, -0.05) is 29.8 Å². The van der Waals surface area contributed by atoms with Gasteiger partial charge >= 0.3 is 0 Å². The first-order valence-corrected chi connectivity index (χ1v) is 6.27. The number of hydrogen-bond acceptors (Lipinski definition) is 2. The second kappa shape index (κ2) is 5.46. The Balaban J connectivity index is 1.80. The molecule has 2 rings (SSSR count). The van der Waals surface area contributed by atoms with Gasteiger partial charge in [0.2, 0.25) is 0 Å². The summed E-state index contributed by atoms with van der Waals surface area (Å²) in [4.78, 5) is 0. The fourth-order valence-electron chi connectivity index (χ4n) is 2.23. The molecule has 0 saturated carbocycles. The summed E-state index contributed by atoms with van der Waals surface area (Å²) in [6.45, 7) is 5.75. The average molecular weight is 218 g/mol. The number of rotatable bonds is 4. The van der Waals surface area contributed by atoms with Gasteiger partial charge in [0.25, 0.3) is 0 Å².